The number of carbonyl (C=O) groups is 1. The van der Waals surface area contributed by atoms with Gasteiger partial charge in [0.05, 0.1) is 11.6 Å². The molecule has 1 atom stereocenters. The van der Waals surface area contributed by atoms with Gasteiger partial charge in [-0.3, -0.25) is 9.48 Å². The number of aromatic nitrogens is 2. The summed E-state index contributed by atoms with van der Waals surface area (Å²) >= 11 is 0. The maximum absolute atomic E-state index is 11.4. The Bertz CT molecular complexity index is 575. The van der Waals surface area contributed by atoms with E-state index in [9.17, 15) is 9.90 Å². The van der Waals surface area contributed by atoms with Gasteiger partial charge in [-0.1, -0.05) is 24.3 Å². The molecule has 0 radical (unpaired) electrons. The summed E-state index contributed by atoms with van der Waals surface area (Å²) in [4.78, 5) is 11.4. The van der Waals surface area contributed by atoms with Gasteiger partial charge < -0.3 is 5.11 Å². The summed E-state index contributed by atoms with van der Waals surface area (Å²) in [5.41, 5.74) is 3.05. The molecule has 0 aliphatic heterocycles. The second-order valence-electron chi connectivity index (χ2n) is 4.85. The fourth-order valence-corrected chi connectivity index (χ4v) is 2.18. The van der Waals surface area contributed by atoms with Crippen LogP contribution in [0.2, 0.25) is 0 Å². The third kappa shape index (κ3) is 3.44. The minimum absolute atomic E-state index is 0.434. The van der Waals surface area contributed by atoms with Gasteiger partial charge >= 0.3 is 5.97 Å². The summed E-state index contributed by atoms with van der Waals surface area (Å²) in [7, 11) is 1.83. The first kappa shape index (κ1) is 13.3. The summed E-state index contributed by atoms with van der Waals surface area (Å²) in [6, 6.07) is 9.78. The molecule has 1 heterocycles. The zero-order chi connectivity index (χ0) is 13.8. The van der Waals surface area contributed by atoms with E-state index < -0.39 is 11.9 Å². The summed E-state index contributed by atoms with van der Waals surface area (Å²) < 4.78 is 1.70. The quantitative estimate of drug-likeness (QED) is 0.894. The van der Waals surface area contributed by atoms with Gasteiger partial charge in [0.25, 0.3) is 0 Å². The molecule has 0 amide bonds. The Hall–Kier alpha value is -2.10. The number of nitrogens with zero attached hydrogens (tertiary/aromatic N) is 2. The van der Waals surface area contributed by atoms with E-state index in [1.165, 1.54) is 0 Å². The van der Waals surface area contributed by atoms with Crippen LogP contribution in [-0.4, -0.2) is 20.9 Å². The van der Waals surface area contributed by atoms with Crippen molar-refractivity contribution in [1.29, 1.82) is 0 Å². The molecule has 19 heavy (non-hydrogen) atoms. The predicted molar refractivity (Wildman–Crippen MR) is 72.9 cm³/mol. The van der Waals surface area contributed by atoms with Gasteiger partial charge in [0.1, 0.15) is 0 Å². The Morgan fingerprint density at radius 1 is 1.32 bits per heavy atom. The first-order valence-electron chi connectivity index (χ1n) is 6.32. The molecular weight excluding hydrogens is 240 g/mol. The summed E-state index contributed by atoms with van der Waals surface area (Å²) in [5.74, 6) is -1.20. The lowest BCUT2D eigenvalue weighted by Gasteiger charge is -2.12. The van der Waals surface area contributed by atoms with Crippen LogP contribution < -0.4 is 0 Å². The van der Waals surface area contributed by atoms with Gasteiger partial charge in [0, 0.05) is 19.7 Å². The maximum atomic E-state index is 11.4. The molecule has 0 aliphatic carbocycles. The van der Waals surface area contributed by atoms with Crippen LogP contribution in [0.15, 0.2) is 36.5 Å². The summed E-state index contributed by atoms with van der Waals surface area (Å²) in [6.07, 6.45) is 2.84. The second-order valence-corrected chi connectivity index (χ2v) is 4.85. The largest absolute Gasteiger partial charge is 0.481 e. The molecule has 0 saturated heterocycles. The van der Waals surface area contributed by atoms with Crippen molar-refractivity contribution in [3.05, 3.63) is 53.3 Å². The van der Waals surface area contributed by atoms with Crippen molar-refractivity contribution in [1.82, 2.24) is 9.78 Å². The highest BCUT2D eigenvalue weighted by Gasteiger charge is 2.20. The van der Waals surface area contributed by atoms with E-state index in [1.807, 2.05) is 50.5 Å². The Kier molecular flexibility index (Phi) is 4.00. The van der Waals surface area contributed by atoms with Crippen molar-refractivity contribution in [3.63, 3.8) is 0 Å². The van der Waals surface area contributed by atoms with Crippen LogP contribution in [0.3, 0.4) is 0 Å². The number of aryl methyl sites for hydroxylation is 2. The van der Waals surface area contributed by atoms with Gasteiger partial charge in [0.15, 0.2) is 0 Å². The van der Waals surface area contributed by atoms with E-state index in [1.54, 1.807) is 4.68 Å². The van der Waals surface area contributed by atoms with E-state index in [0.717, 1.165) is 16.8 Å². The lowest BCUT2D eigenvalue weighted by atomic mass is 9.93. The molecule has 2 aromatic rings. The molecule has 4 heteroatoms. The van der Waals surface area contributed by atoms with Crippen molar-refractivity contribution < 1.29 is 9.90 Å². The van der Waals surface area contributed by atoms with Crippen LogP contribution >= 0.6 is 0 Å². The average molecular weight is 258 g/mol. The zero-order valence-electron chi connectivity index (χ0n) is 11.2. The molecule has 4 nitrogen and oxygen atoms in total. The number of aliphatic carboxylic acids is 1. The molecule has 1 aromatic heterocycles. The minimum Gasteiger partial charge on any atom is -0.481 e. The van der Waals surface area contributed by atoms with Crippen molar-refractivity contribution in [2.24, 2.45) is 13.0 Å². The molecule has 0 aliphatic rings. The predicted octanol–water partition coefficient (Wildman–Crippen LogP) is 2.21. The third-order valence-corrected chi connectivity index (χ3v) is 3.30. The van der Waals surface area contributed by atoms with Crippen LogP contribution in [0.4, 0.5) is 0 Å². The van der Waals surface area contributed by atoms with Crippen molar-refractivity contribution in [2.75, 3.05) is 0 Å². The van der Waals surface area contributed by atoms with E-state index in [2.05, 4.69) is 5.10 Å². The molecule has 0 spiro atoms. The van der Waals surface area contributed by atoms with Gasteiger partial charge in [-0.2, -0.15) is 5.10 Å². The lowest BCUT2D eigenvalue weighted by molar-refractivity contribution is -0.141. The zero-order valence-corrected chi connectivity index (χ0v) is 11.2. The molecule has 0 fully saturated rings. The highest BCUT2D eigenvalue weighted by molar-refractivity contribution is 5.70. The number of hydrogen-bond donors (Lipinski definition) is 1. The van der Waals surface area contributed by atoms with Crippen molar-refractivity contribution in [3.8, 4) is 0 Å². The molecule has 1 unspecified atom stereocenters. The van der Waals surface area contributed by atoms with Crippen LogP contribution in [0.5, 0.6) is 0 Å². The van der Waals surface area contributed by atoms with E-state index in [0.29, 0.717) is 12.8 Å². The fourth-order valence-electron chi connectivity index (χ4n) is 2.18. The van der Waals surface area contributed by atoms with Crippen LogP contribution in [0, 0.1) is 12.8 Å². The van der Waals surface area contributed by atoms with Crippen LogP contribution in [0.1, 0.15) is 16.8 Å². The molecule has 0 bridgehead atoms. The second kappa shape index (κ2) is 5.69. The van der Waals surface area contributed by atoms with Crippen molar-refractivity contribution in [2.45, 2.75) is 19.8 Å². The van der Waals surface area contributed by atoms with E-state index >= 15 is 0 Å². The third-order valence-electron chi connectivity index (χ3n) is 3.30. The number of carboxylic acids is 1. The minimum atomic E-state index is -0.770. The van der Waals surface area contributed by atoms with Crippen LogP contribution in [-0.2, 0) is 24.7 Å². The summed E-state index contributed by atoms with van der Waals surface area (Å²) in [5, 5.41) is 13.6. The highest BCUT2D eigenvalue weighted by atomic mass is 16.4. The number of rotatable bonds is 5. The smallest absolute Gasteiger partial charge is 0.307 e. The monoisotopic (exact) mass is 258 g/mol. The van der Waals surface area contributed by atoms with Crippen molar-refractivity contribution >= 4 is 5.97 Å². The Morgan fingerprint density at radius 2 is 2.05 bits per heavy atom. The summed E-state index contributed by atoms with van der Waals surface area (Å²) in [6.45, 7) is 2.01. The molecule has 1 N–H and O–H groups in total. The van der Waals surface area contributed by atoms with Gasteiger partial charge in [-0.25, -0.2) is 0 Å². The Balaban J connectivity index is 2.13. The molecular formula is C15H18N2O2. The van der Waals surface area contributed by atoms with E-state index in [-0.39, 0.29) is 0 Å². The topological polar surface area (TPSA) is 55.1 Å². The molecule has 0 saturated carbocycles. The standard InChI is InChI=1S/C15H18N2O2/c1-11-5-3-4-6-12(11)9-13(15(18)19)10-14-7-8-17(2)16-14/h3-8,13H,9-10H2,1-2H3,(H,18,19). The van der Waals surface area contributed by atoms with E-state index in [4.69, 9.17) is 0 Å². The number of hydrogen-bond acceptors (Lipinski definition) is 2. The van der Waals surface area contributed by atoms with Gasteiger partial charge in [-0.05, 0) is 30.5 Å². The fraction of sp³-hybridized carbons (Fsp3) is 0.333. The van der Waals surface area contributed by atoms with Gasteiger partial charge in [0.2, 0.25) is 0 Å². The Morgan fingerprint density at radius 3 is 2.63 bits per heavy atom. The highest BCUT2D eigenvalue weighted by Crippen LogP contribution is 2.17. The first-order chi connectivity index (χ1) is 9.06. The molecule has 100 valence electrons. The number of benzene rings is 1. The first-order valence-corrected chi connectivity index (χ1v) is 6.32. The Labute approximate surface area is 112 Å². The van der Waals surface area contributed by atoms with Crippen LogP contribution in [0.25, 0.3) is 0 Å². The normalized spacial score (nSPS) is 12.3. The average Bonchev–Trinajstić information content (AvgIpc) is 2.76. The lowest BCUT2D eigenvalue weighted by Crippen LogP contribution is -2.20. The van der Waals surface area contributed by atoms with Gasteiger partial charge in [-0.15, -0.1) is 0 Å². The molecule has 2 rings (SSSR count). The maximum Gasteiger partial charge on any atom is 0.307 e. The SMILES string of the molecule is Cc1ccccc1CC(Cc1ccn(C)n1)C(=O)O. The number of carboxylic acid groups (broad SMARTS) is 1. The molecule has 1 aromatic carbocycles.